The van der Waals surface area contributed by atoms with Crippen LogP contribution < -0.4 is 4.74 Å². The topological polar surface area (TPSA) is 29.5 Å². The van der Waals surface area contributed by atoms with E-state index in [0.717, 1.165) is 37.2 Å². The molecule has 0 heterocycles. The number of aliphatic hydroxyl groups is 1. The van der Waals surface area contributed by atoms with Gasteiger partial charge < -0.3 is 9.84 Å². The lowest BCUT2D eigenvalue weighted by atomic mass is 10.1. The SMILES string of the molecule is OCCc1ccccc1OCCCCc1ccccc1. The van der Waals surface area contributed by atoms with Crippen LogP contribution in [0, 0.1) is 0 Å². The molecule has 1 N–H and O–H groups in total. The fourth-order valence-corrected chi connectivity index (χ4v) is 2.23. The van der Waals surface area contributed by atoms with Crippen LogP contribution in [0.2, 0.25) is 0 Å². The minimum absolute atomic E-state index is 0.161. The molecule has 0 aliphatic heterocycles. The molecule has 0 bridgehead atoms. The number of ether oxygens (including phenoxy) is 1. The summed E-state index contributed by atoms with van der Waals surface area (Å²) in [6.07, 6.45) is 3.93. The van der Waals surface area contributed by atoms with Crippen LogP contribution in [0.3, 0.4) is 0 Å². The Morgan fingerprint density at radius 1 is 0.800 bits per heavy atom. The molecule has 2 nitrogen and oxygen atoms in total. The van der Waals surface area contributed by atoms with Gasteiger partial charge in [0.25, 0.3) is 0 Å². The molecule has 2 aromatic rings. The van der Waals surface area contributed by atoms with Crippen molar-refractivity contribution in [1.82, 2.24) is 0 Å². The van der Waals surface area contributed by atoms with Gasteiger partial charge in [-0.25, -0.2) is 0 Å². The van der Waals surface area contributed by atoms with Crippen LogP contribution in [-0.2, 0) is 12.8 Å². The summed E-state index contributed by atoms with van der Waals surface area (Å²) in [4.78, 5) is 0. The van der Waals surface area contributed by atoms with Crippen LogP contribution in [-0.4, -0.2) is 18.3 Å². The molecule has 0 radical (unpaired) electrons. The molecule has 0 saturated carbocycles. The zero-order chi connectivity index (χ0) is 14.0. The number of unbranched alkanes of at least 4 members (excludes halogenated alkanes) is 1. The van der Waals surface area contributed by atoms with Crippen molar-refractivity contribution in [3.05, 3.63) is 65.7 Å². The van der Waals surface area contributed by atoms with E-state index in [1.54, 1.807) is 0 Å². The highest BCUT2D eigenvalue weighted by Gasteiger charge is 2.02. The largest absolute Gasteiger partial charge is 0.493 e. The summed E-state index contributed by atoms with van der Waals surface area (Å²) in [5.41, 5.74) is 2.46. The summed E-state index contributed by atoms with van der Waals surface area (Å²) in [5, 5.41) is 9.02. The molecule has 0 amide bonds. The highest BCUT2D eigenvalue weighted by molar-refractivity contribution is 5.33. The van der Waals surface area contributed by atoms with Crippen LogP contribution >= 0.6 is 0 Å². The quantitative estimate of drug-likeness (QED) is 0.742. The Balaban J connectivity index is 1.71. The van der Waals surface area contributed by atoms with E-state index < -0.39 is 0 Å². The van der Waals surface area contributed by atoms with Crippen molar-refractivity contribution in [2.45, 2.75) is 25.7 Å². The number of rotatable bonds is 8. The average molecular weight is 270 g/mol. The second-order valence-corrected chi connectivity index (χ2v) is 4.87. The number of hydrogen-bond acceptors (Lipinski definition) is 2. The van der Waals surface area contributed by atoms with E-state index in [-0.39, 0.29) is 6.61 Å². The van der Waals surface area contributed by atoms with Gasteiger partial charge in [0.15, 0.2) is 0 Å². The number of aryl methyl sites for hydroxylation is 1. The third-order valence-electron chi connectivity index (χ3n) is 3.31. The van der Waals surface area contributed by atoms with Crippen LogP contribution in [0.1, 0.15) is 24.0 Å². The van der Waals surface area contributed by atoms with Crippen LogP contribution in [0.4, 0.5) is 0 Å². The van der Waals surface area contributed by atoms with E-state index in [2.05, 4.69) is 24.3 Å². The summed E-state index contributed by atoms with van der Waals surface area (Å²) in [5.74, 6) is 0.904. The second kappa shape index (κ2) is 8.39. The first-order valence-corrected chi connectivity index (χ1v) is 7.25. The lowest BCUT2D eigenvalue weighted by Gasteiger charge is -2.10. The van der Waals surface area contributed by atoms with E-state index >= 15 is 0 Å². The van der Waals surface area contributed by atoms with Crippen molar-refractivity contribution < 1.29 is 9.84 Å². The third kappa shape index (κ3) is 4.71. The third-order valence-corrected chi connectivity index (χ3v) is 3.31. The first kappa shape index (κ1) is 14.6. The lowest BCUT2D eigenvalue weighted by Crippen LogP contribution is -2.02. The van der Waals surface area contributed by atoms with Crippen LogP contribution in [0.15, 0.2) is 54.6 Å². The van der Waals surface area contributed by atoms with Gasteiger partial charge in [0.05, 0.1) is 6.61 Å². The molecule has 0 aliphatic rings. The molecular formula is C18H22O2. The van der Waals surface area contributed by atoms with Crippen molar-refractivity contribution in [3.63, 3.8) is 0 Å². The fourth-order valence-electron chi connectivity index (χ4n) is 2.23. The number of para-hydroxylation sites is 1. The molecule has 0 spiro atoms. The van der Waals surface area contributed by atoms with E-state index in [0.29, 0.717) is 6.42 Å². The molecule has 0 atom stereocenters. The minimum Gasteiger partial charge on any atom is -0.493 e. The Kier molecular flexibility index (Phi) is 6.12. The molecule has 2 heteroatoms. The Morgan fingerprint density at radius 2 is 1.55 bits per heavy atom. The van der Waals surface area contributed by atoms with Gasteiger partial charge in [-0.2, -0.15) is 0 Å². The molecule has 0 fully saturated rings. The van der Waals surface area contributed by atoms with Crippen molar-refractivity contribution in [1.29, 1.82) is 0 Å². The highest BCUT2D eigenvalue weighted by atomic mass is 16.5. The standard InChI is InChI=1S/C18H22O2/c19-14-13-17-11-4-5-12-18(17)20-15-7-6-10-16-8-2-1-3-9-16/h1-5,8-9,11-12,19H,6-7,10,13-15H2. The second-order valence-electron chi connectivity index (χ2n) is 4.87. The van der Waals surface area contributed by atoms with Crippen LogP contribution in [0.5, 0.6) is 5.75 Å². The Hall–Kier alpha value is -1.80. The maximum atomic E-state index is 9.02. The predicted molar refractivity (Wildman–Crippen MR) is 82.1 cm³/mol. The van der Waals surface area contributed by atoms with E-state index in [9.17, 15) is 0 Å². The maximum Gasteiger partial charge on any atom is 0.122 e. The predicted octanol–water partition coefficient (Wildman–Crippen LogP) is 3.62. The molecule has 2 aromatic carbocycles. The molecule has 0 saturated heterocycles. The van der Waals surface area contributed by atoms with Crippen molar-refractivity contribution >= 4 is 0 Å². The molecular weight excluding hydrogens is 248 g/mol. The van der Waals surface area contributed by atoms with Gasteiger partial charge in [-0.15, -0.1) is 0 Å². The Bertz CT molecular complexity index is 494. The normalized spacial score (nSPS) is 10.4. The van der Waals surface area contributed by atoms with Crippen LogP contribution in [0.25, 0.3) is 0 Å². The Morgan fingerprint density at radius 3 is 2.35 bits per heavy atom. The van der Waals surface area contributed by atoms with Crippen molar-refractivity contribution in [2.75, 3.05) is 13.2 Å². The Labute approximate surface area is 121 Å². The zero-order valence-corrected chi connectivity index (χ0v) is 11.8. The molecule has 0 aliphatic carbocycles. The minimum atomic E-state index is 0.161. The van der Waals surface area contributed by atoms with Gasteiger partial charge in [0.1, 0.15) is 5.75 Å². The van der Waals surface area contributed by atoms with Gasteiger partial charge in [-0.05, 0) is 42.9 Å². The zero-order valence-electron chi connectivity index (χ0n) is 11.8. The van der Waals surface area contributed by atoms with E-state index in [1.807, 2.05) is 30.3 Å². The first-order chi connectivity index (χ1) is 9.90. The maximum absolute atomic E-state index is 9.02. The highest BCUT2D eigenvalue weighted by Crippen LogP contribution is 2.18. The van der Waals surface area contributed by atoms with Crippen molar-refractivity contribution in [3.8, 4) is 5.75 Å². The van der Waals surface area contributed by atoms with Gasteiger partial charge >= 0.3 is 0 Å². The molecule has 0 unspecified atom stereocenters. The molecule has 0 aromatic heterocycles. The van der Waals surface area contributed by atoms with E-state index in [1.165, 1.54) is 5.56 Å². The van der Waals surface area contributed by atoms with E-state index in [4.69, 9.17) is 9.84 Å². The smallest absolute Gasteiger partial charge is 0.122 e. The molecule has 106 valence electrons. The van der Waals surface area contributed by atoms with Gasteiger partial charge in [-0.1, -0.05) is 48.5 Å². The average Bonchev–Trinajstić information content (AvgIpc) is 2.50. The molecule has 2 rings (SSSR count). The monoisotopic (exact) mass is 270 g/mol. The summed E-state index contributed by atoms with van der Waals surface area (Å²) in [7, 11) is 0. The fraction of sp³-hybridized carbons (Fsp3) is 0.333. The summed E-state index contributed by atoms with van der Waals surface area (Å²) >= 11 is 0. The summed E-state index contributed by atoms with van der Waals surface area (Å²) in [6, 6.07) is 18.5. The summed E-state index contributed by atoms with van der Waals surface area (Å²) in [6.45, 7) is 0.893. The number of hydrogen-bond donors (Lipinski definition) is 1. The first-order valence-electron chi connectivity index (χ1n) is 7.25. The molecule has 20 heavy (non-hydrogen) atoms. The number of benzene rings is 2. The van der Waals surface area contributed by atoms with Gasteiger partial charge in [-0.3, -0.25) is 0 Å². The lowest BCUT2D eigenvalue weighted by molar-refractivity contribution is 0.285. The summed E-state index contributed by atoms with van der Waals surface area (Å²) < 4.78 is 5.82. The van der Waals surface area contributed by atoms with Gasteiger partial charge in [0, 0.05) is 6.61 Å². The van der Waals surface area contributed by atoms with Gasteiger partial charge in [0.2, 0.25) is 0 Å². The number of aliphatic hydroxyl groups excluding tert-OH is 1. The van der Waals surface area contributed by atoms with Crippen molar-refractivity contribution in [2.24, 2.45) is 0 Å².